The lowest BCUT2D eigenvalue weighted by Gasteiger charge is -2.35. The Balaban J connectivity index is 1.83. The van der Waals surface area contributed by atoms with Crippen molar-refractivity contribution in [1.82, 2.24) is 20.1 Å². The SMILES string of the molecule is CN(C)C1CCN(CCNC(=O)c2cnccc2C(F)(F)F)CC1. The van der Waals surface area contributed by atoms with E-state index in [0.29, 0.717) is 19.1 Å². The third-order valence-electron chi connectivity index (χ3n) is 4.37. The number of hydrogen-bond acceptors (Lipinski definition) is 4. The van der Waals surface area contributed by atoms with Gasteiger partial charge in [0.2, 0.25) is 0 Å². The normalized spacial score (nSPS) is 17.2. The van der Waals surface area contributed by atoms with Crippen LogP contribution in [-0.4, -0.2) is 67.0 Å². The molecule has 2 rings (SSSR count). The molecule has 1 N–H and O–H groups in total. The Morgan fingerprint density at radius 2 is 2.04 bits per heavy atom. The van der Waals surface area contributed by atoms with E-state index in [4.69, 9.17) is 0 Å². The van der Waals surface area contributed by atoms with Crippen LogP contribution in [0.15, 0.2) is 18.5 Å². The van der Waals surface area contributed by atoms with Crippen LogP contribution < -0.4 is 5.32 Å². The number of pyridine rings is 1. The van der Waals surface area contributed by atoms with Gasteiger partial charge < -0.3 is 15.1 Å². The molecule has 0 saturated carbocycles. The number of piperidine rings is 1. The predicted octanol–water partition coefficient (Wildman–Crippen LogP) is 1.86. The number of carbonyl (C=O) groups is 1. The van der Waals surface area contributed by atoms with Crippen LogP contribution in [0.2, 0.25) is 0 Å². The summed E-state index contributed by atoms with van der Waals surface area (Å²) >= 11 is 0. The van der Waals surface area contributed by atoms with Gasteiger partial charge in [-0.25, -0.2) is 0 Å². The van der Waals surface area contributed by atoms with Crippen LogP contribution in [0.4, 0.5) is 13.2 Å². The van der Waals surface area contributed by atoms with Gasteiger partial charge in [0.1, 0.15) is 0 Å². The molecule has 1 aliphatic rings. The first-order valence-electron chi connectivity index (χ1n) is 7.97. The Labute approximate surface area is 139 Å². The predicted molar refractivity (Wildman–Crippen MR) is 84.7 cm³/mol. The Morgan fingerprint density at radius 3 is 2.62 bits per heavy atom. The smallest absolute Gasteiger partial charge is 0.351 e. The molecule has 8 heteroatoms. The van der Waals surface area contributed by atoms with Crippen molar-refractivity contribution in [3.05, 3.63) is 29.6 Å². The molecule has 5 nitrogen and oxygen atoms in total. The summed E-state index contributed by atoms with van der Waals surface area (Å²) < 4.78 is 38.7. The Morgan fingerprint density at radius 1 is 1.38 bits per heavy atom. The maximum absolute atomic E-state index is 12.9. The topological polar surface area (TPSA) is 48.5 Å². The van der Waals surface area contributed by atoms with E-state index < -0.39 is 23.2 Å². The zero-order valence-electron chi connectivity index (χ0n) is 13.9. The van der Waals surface area contributed by atoms with Gasteiger partial charge in [-0.3, -0.25) is 9.78 Å². The monoisotopic (exact) mass is 344 g/mol. The quantitative estimate of drug-likeness (QED) is 0.886. The van der Waals surface area contributed by atoms with Gasteiger partial charge in [0, 0.05) is 31.5 Å². The second kappa shape index (κ2) is 7.94. The van der Waals surface area contributed by atoms with E-state index in [2.05, 4.69) is 34.2 Å². The van der Waals surface area contributed by atoms with Gasteiger partial charge in [-0.1, -0.05) is 0 Å². The van der Waals surface area contributed by atoms with Crippen molar-refractivity contribution >= 4 is 5.91 Å². The van der Waals surface area contributed by atoms with Crippen LogP contribution in [0.3, 0.4) is 0 Å². The number of alkyl halides is 3. The molecule has 0 aliphatic carbocycles. The fourth-order valence-electron chi connectivity index (χ4n) is 2.90. The van der Waals surface area contributed by atoms with E-state index in [9.17, 15) is 18.0 Å². The molecule has 1 aliphatic heterocycles. The summed E-state index contributed by atoms with van der Waals surface area (Å²) in [6.45, 7) is 2.81. The van der Waals surface area contributed by atoms with Gasteiger partial charge in [0.05, 0.1) is 11.1 Å². The molecule has 0 bridgehead atoms. The standard InChI is InChI=1S/C16H23F3N4O/c1-22(2)12-4-8-23(9-5-12)10-7-21-15(24)13-11-20-6-3-14(13)16(17,18)19/h3,6,11-12H,4-5,7-10H2,1-2H3,(H,21,24). The summed E-state index contributed by atoms with van der Waals surface area (Å²) in [5.41, 5.74) is -1.39. The first kappa shape index (κ1) is 18.7. The third kappa shape index (κ3) is 4.91. The average Bonchev–Trinajstić information content (AvgIpc) is 2.54. The minimum atomic E-state index is -4.57. The lowest BCUT2D eigenvalue weighted by atomic mass is 10.0. The van der Waals surface area contributed by atoms with Crippen LogP contribution in [0.5, 0.6) is 0 Å². The lowest BCUT2D eigenvalue weighted by Crippen LogP contribution is -2.44. The van der Waals surface area contributed by atoms with E-state index in [-0.39, 0.29) is 0 Å². The van der Waals surface area contributed by atoms with Crippen molar-refractivity contribution < 1.29 is 18.0 Å². The zero-order valence-corrected chi connectivity index (χ0v) is 13.9. The largest absolute Gasteiger partial charge is 0.417 e. The Kier molecular flexibility index (Phi) is 6.17. The summed E-state index contributed by atoms with van der Waals surface area (Å²) in [4.78, 5) is 20.1. The lowest BCUT2D eigenvalue weighted by molar-refractivity contribution is -0.138. The van der Waals surface area contributed by atoms with Crippen LogP contribution in [0, 0.1) is 0 Å². The molecule has 1 aromatic rings. The van der Waals surface area contributed by atoms with Crippen molar-refractivity contribution in [1.29, 1.82) is 0 Å². The average molecular weight is 344 g/mol. The maximum atomic E-state index is 12.9. The molecular weight excluding hydrogens is 321 g/mol. The van der Waals surface area contributed by atoms with Gasteiger partial charge in [0.25, 0.3) is 5.91 Å². The Bertz CT molecular complexity index is 554. The van der Waals surface area contributed by atoms with E-state index >= 15 is 0 Å². The van der Waals surface area contributed by atoms with Crippen LogP contribution in [0.25, 0.3) is 0 Å². The molecule has 1 amide bonds. The van der Waals surface area contributed by atoms with Crippen molar-refractivity contribution in [3.8, 4) is 0 Å². The highest BCUT2D eigenvalue weighted by atomic mass is 19.4. The number of halogens is 3. The summed E-state index contributed by atoms with van der Waals surface area (Å²) in [6.07, 6.45) is -0.456. The summed E-state index contributed by atoms with van der Waals surface area (Å²) in [6, 6.07) is 1.39. The molecule has 0 atom stereocenters. The second-order valence-electron chi connectivity index (χ2n) is 6.21. The van der Waals surface area contributed by atoms with Crippen molar-refractivity contribution in [2.75, 3.05) is 40.3 Å². The highest BCUT2D eigenvalue weighted by Crippen LogP contribution is 2.31. The molecule has 134 valence electrons. The van der Waals surface area contributed by atoms with Gasteiger partial charge in [-0.2, -0.15) is 13.2 Å². The van der Waals surface area contributed by atoms with Gasteiger partial charge in [0.15, 0.2) is 0 Å². The highest BCUT2D eigenvalue weighted by molar-refractivity contribution is 5.95. The second-order valence-corrected chi connectivity index (χ2v) is 6.21. The van der Waals surface area contributed by atoms with Crippen molar-refractivity contribution in [2.24, 2.45) is 0 Å². The van der Waals surface area contributed by atoms with Crippen molar-refractivity contribution in [2.45, 2.75) is 25.1 Å². The fourth-order valence-corrected chi connectivity index (χ4v) is 2.90. The number of aromatic nitrogens is 1. The number of rotatable bonds is 5. The molecule has 0 radical (unpaired) electrons. The van der Waals surface area contributed by atoms with Gasteiger partial charge in [-0.05, 0) is 46.1 Å². The summed E-state index contributed by atoms with van der Waals surface area (Å²) in [7, 11) is 4.12. The van der Waals surface area contributed by atoms with E-state index in [0.717, 1.165) is 44.4 Å². The molecule has 24 heavy (non-hydrogen) atoms. The van der Waals surface area contributed by atoms with Gasteiger partial charge >= 0.3 is 6.18 Å². The molecule has 2 heterocycles. The molecular formula is C16H23F3N4O. The number of likely N-dealkylation sites (tertiary alicyclic amines) is 1. The Hall–Kier alpha value is -1.67. The van der Waals surface area contributed by atoms with Crippen molar-refractivity contribution in [3.63, 3.8) is 0 Å². The van der Waals surface area contributed by atoms with E-state index in [1.807, 2.05) is 0 Å². The summed E-state index contributed by atoms with van der Waals surface area (Å²) in [5, 5.41) is 2.56. The number of hydrogen-bond donors (Lipinski definition) is 1. The van der Waals surface area contributed by atoms with E-state index in [1.54, 1.807) is 0 Å². The minimum Gasteiger partial charge on any atom is -0.351 e. The highest BCUT2D eigenvalue weighted by Gasteiger charge is 2.35. The molecule has 0 aromatic carbocycles. The van der Waals surface area contributed by atoms with Crippen LogP contribution in [0.1, 0.15) is 28.8 Å². The molecule has 1 fully saturated rings. The zero-order chi connectivity index (χ0) is 17.7. The van der Waals surface area contributed by atoms with Gasteiger partial charge in [-0.15, -0.1) is 0 Å². The van der Waals surface area contributed by atoms with Crippen LogP contribution >= 0.6 is 0 Å². The van der Waals surface area contributed by atoms with Crippen LogP contribution in [-0.2, 0) is 6.18 Å². The summed E-state index contributed by atoms with van der Waals surface area (Å²) in [5.74, 6) is -0.737. The molecule has 1 aromatic heterocycles. The fraction of sp³-hybridized carbons (Fsp3) is 0.625. The first-order chi connectivity index (χ1) is 11.3. The first-order valence-corrected chi connectivity index (χ1v) is 7.97. The number of carbonyl (C=O) groups excluding carboxylic acids is 1. The molecule has 0 spiro atoms. The third-order valence-corrected chi connectivity index (χ3v) is 4.37. The molecule has 0 unspecified atom stereocenters. The number of nitrogens with zero attached hydrogens (tertiary/aromatic N) is 3. The number of nitrogens with one attached hydrogen (secondary N) is 1. The molecule has 1 saturated heterocycles. The minimum absolute atomic E-state index is 0.317. The van der Waals surface area contributed by atoms with E-state index in [1.165, 1.54) is 0 Å². The number of amides is 1. The maximum Gasteiger partial charge on any atom is 0.417 e.